The lowest BCUT2D eigenvalue weighted by molar-refractivity contribution is -0.614. The first-order chi connectivity index (χ1) is 6.68. The van der Waals surface area contributed by atoms with E-state index in [1.54, 1.807) is 0 Å². The molecule has 1 heterocycles. The molecule has 0 unspecified atom stereocenters. The van der Waals surface area contributed by atoms with Gasteiger partial charge in [0.15, 0.2) is 5.69 Å². The summed E-state index contributed by atoms with van der Waals surface area (Å²) in [6.07, 6.45) is 4.35. The van der Waals surface area contributed by atoms with Gasteiger partial charge in [-0.3, -0.25) is 4.79 Å². The fraction of sp³-hybridized carbons (Fsp3) is 0.400. The van der Waals surface area contributed by atoms with E-state index in [1.807, 2.05) is 0 Å². The summed E-state index contributed by atoms with van der Waals surface area (Å²) in [5.74, 6) is -0.477. The van der Waals surface area contributed by atoms with Crippen LogP contribution in [0.2, 0.25) is 0 Å². The van der Waals surface area contributed by atoms with Crippen LogP contribution in [0.4, 0.5) is 0 Å². The zero-order valence-corrected chi connectivity index (χ0v) is 7.69. The Kier molecular flexibility index (Phi) is 2.11. The first-order valence-electron chi connectivity index (χ1n) is 4.67. The first kappa shape index (κ1) is 8.99. The van der Waals surface area contributed by atoms with E-state index in [1.165, 1.54) is 6.07 Å². The summed E-state index contributed by atoms with van der Waals surface area (Å²) in [5.41, 5.74) is 0.919. The maximum Gasteiger partial charge on any atom is 0.229 e. The van der Waals surface area contributed by atoms with Gasteiger partial charge in [0.05, 0.1) is 0 Å². The predicted molar refractivity (Wildman–Crippen MR) is 50.0 cm³/mol. The second kappa shape index (κ2) is 3.29. The molecule has 4 heteroatoms. The summed E-state index contributed by atoms with van der Waals surface area (Å²) >= 11 is 0. The van der Waals surface area contributed by atoms with Gasteiger partial charge in [-0.05, 0) is 25.3 Å². The van der Waals surface area contributed by atoms with E-state index in [-0.39, 0.29) is 0 Å². The Morgan fingerprint density at radius 2 is 2.07 bits per heavy atom. The Morgan fingerprint density at radius 1 is 1.36 bits per heavy atom. The van der Waals surface area contributed by atoms with Crippen molar-refractivity contribution in [2.45, 2.75) is 25.7 Å². The van der Waals surface area contributed by atoms with Crippen LogP contribution in [-0.4, -0.2) is 5.11 Å². The molecule has 2 rings (SSSR count). The minimum Gasteiger partial charge on any atom is -0.618 e. The van der Waals surface area contributed by atoms with Crippen LogP contribution in [0.5, 0.6) is 5.75 Å². The van der Waals surface area contributed by atoms with Gasteiger partial charge >= 0.3 is 0 Å². The molecule has 0 atom stereocenters. The topological polar surface area (TPSA) is 64.2 Å². The molecule has 0 amide bonds. The number of rotatable bonds is 0. The zero-order valence-electron chi connectivity index (χ0n) is 7.69. The van der Waals surface area contributed by atoms with Crippen molar-refractivity contribution in [1.29, 1.82) is 0 Å². The van der Waals surface area contributed by atoms with Gasteiger partial charge in [0.25, 0.3) is 0 Å². The largest absolute Gasteiger partial charge is 0.618 e. The van der Waals surface area contributed by atoms with E-state index in [4.69, 9.17) is 0 Å². The quantitative estimate of drug-likeness (QED) is 0.475. The minimum absolute atomic E-state index is 0.474. The molecule has 1 aromatic rings. The van der Waals surface area contributed by atoms with Crippen molar-refractivity contribution in [2.75, 3.05) is 0 Å². The molecule has 4 nitrogen and oxygen atoms in total. The van der Waals surface area contributed by atoms with Crippen LogP contribution in [0.3, 0.4) is 0 Å². The van der Waals surface area contributed by atoms with Crippen LogP contribution in [0.1, 0.15) is 24.1 Å². The van der Waals surface area contributed by atoms with Gasteiger partial charge in [0, 0.05) is 12.0 Å². The maximum atomic E-state index is 11.5. The highest BCUT2D eigenvalue weighted by atomic mass is 16.5. The lowest BCUT2D eigenvalue weighted by atomic mass is 9.97. The highest BCUT2D eigenvalue weighted by Crippen LogP contribution is 2.16. The minimum atomic E-state index is -0.477. The molecule has 1 aliphatic rings. The van der Waals surface area contributed by atoms with Crippen molar-refractivity contribution >= 4 is 0 Å². The van der Waals surface area contributed by atoms with Gasteiger partial charge < -0.3 is 10.3 Å². The summed E-state index contributed by atoms with van der Waals surface area (Å²) in [6, 6.07) is 1.37. The third-order valence-electron chi connectivity index (χ3n) is 2.54. The number of fused-ring (bicyclic) bond motifs is 1. The van der Waals surface area contributed by atoms with Gasteiger partial charge in [-0.25, -0.2) is 0 Å². The molecule has 1 aliphatic carbocycles. The van der Waals surface area contributed by atoms with Crippen LogP contribution in [0.25, 0.3) is 0 Å². The fourth-order valence-electron chi connectivity index (χ4n) is 1.80. The number of nitrogens with zero attached hydrogens (tertiary/aromatic N) is 1. The van der Waals surface area contributed by atoms with Crippen molar-refractivity contribution in [2.24, 2.45) is 0 Å². The Morgan fingerprint density at radius 3 is 2.86 bits per heavy atom. The van der Waals surface area contributed by atoms with Crippen molar-refractivity contribution < 1.29 is 9.84 Å². The molecule has 0 radical (unpaired) electrons. The number of hydrogen-bond donors (Lipinski definition) is 1. The maximum absolute atomic E-state index is 11.5. The average molecular weight is 193 g/mol. The highest BCUT2D eigenvalue weighted by Gasteiger charge is 2.17. The van der Waals surface area contributed by atoms with E-state index < -0.39 is 11.2 Å². The molecule has 14 heavy (non-hydrogen) atoms. The summed E-state index contributed by atoms with van der Waals surface area (Å²) in [7, 11) is 0. The summed E-state index contributed by atoms with van der Waals surface area (Å²) in [5, 5.41) is 20.6. The normalized spacial score (nSPS) is 14.9. The molecule has 74 valence electrons. The second-order valence-electron chi connectivity index (χ2n) is 3.53. The van der Waals surface area contributed by atoms with E-state index in [9.17, 15) is 15.1 Å². The standard InChI is InChI=1S/C10H11NO3/c12-9-5-7-3-1-2-4-8(7)11(14)6-10(9)13/h5-6,13H,1-4H2. The van der Waals surface area contributed by atoms with E-state index in [2.05, 4.69) is 0 Å². The van der Waals surface area contributed by atoms with E-state index in [0.29, 0.717) is 16.8 Å². The van der Waals surface area contributed by atoms with Gasteiger partial charge in [0.1, 0.15) is 0 Å². The van der Waals surface area contributed by atoms with Gasteiger partial charge in [0.2, 0.25) is 17.4 Å². The van der Waals surface area contributed by atoms with Crippen LogP contribution < -0.4 is 10.2 Å². The fourth-order valence-corrected chi connectivity index (χ4v) is 1.80. The number of aromatic hydroxyl groups is 1. The third kappa shape index (κ3) is 1.43. The Labute approximate surface area is 81.0 Å². The average Bonchev–Trinajstić information content (AvgIpc) is 2.27. The SMILES string of the molecule is O=c1cc2c([n+]([O-])cc1O)CCCC2. The highest BCUT2D eigenvalue weighted by molar-refractivity contribution is 5.23. The molecule has 1 aromatic heterocycles. The molecule has 0 saturated heterocycles. The van der Waals surface area contributed by atoms with Crippen LogP contribution in [-0.2, 0) is 12.8 Å². The molecule has 0 bridgehead atoms. The summed E-state index contributed by atoms with van der Waals surface area (Å²) in [6.45, 7) is 0. The summed E-state index contributed by atoms with van der Waals surface area (Å²) < 4.78 is 0.616. The van der Waals surface area contributed by atoms with Gasteiger partial charge in [-0.15, -0.1) is 0 Å². The Hall–Kier alpha value is -1.58. The Balaban J connectivity index is 2.73. The number of hydrogen-bond acceptors (Lipinski definition) is 3. The number of aromatic nitrogens is 1. The van der Waals surface area contributed by atoms with E-state index >= 15 is 0 Å². The Bertz CT molecular complexity index is 429. The zero-order chi connectivity index (χ0) is 10.1. The monoisotopic (exact) mass is 193 g/mol. The van der Waals surface area contributed by atoms with Gasteiger partial charge in [-0.2, -0.15) is 4.73 Å². The molecule has 0 aliphatic heterocycles. The van der Waals surface area contributed by atoms with Crippen LogP contribution in [0, 0.1) is 5.21 Å². The molecule has 0 spiro atoms. The third-order valence-corrected chi connectivity index (χ3v) is 2.54. The molecule has 0 aromatic carbocycles. The van der Waals surface area contributed by atoms with Crippen LogP contribution >= 0.6 is 0 Å². The van der Waals surface area contributed by atoms with E-state index in [0.717, 1.165) is 31.0 Å². The molecule has 0 fully saturated rings. The van der Waals surface area contributed by atoms with Crippen molar-refractivity contribution in [3.63, 3.8) is 0 Å². The molecule has 1 N–H and O–H groups in total. The predicted octanol–water partition coefficient (Wildman–Crippen LogP) is 0.265. The lowest BCUT2D eigenvalue weighted by Gasteiger charge is -2.10. The lowest BCUT2D eigenvalue weighted by Crippen LogP contribution is -2.32. The van der Waals surface area contributed by atoms with Crippen molar-refractivity contribution in [3.05, 3.63) is 39.0 Å². The smallest absolute Gasteiger partial charge is 0.229 e. The van der Waals surface area contributed by atoms with Crippen molar-refractivity contribution in [3.8, 4) is 5.75 Å². The second-order valence-corrected chi connectivity index (χ2v) is 3.53. The molecular formula is C10H11NO3. The number of aryl methyl sites for hydroxylation is 1. The molecular weight excluding hydrogens is 182 g/mol. The van der Waals surface area contributed by atoms with Crippen LogP contribution in [0.15, 0.2) is 17.1 Å². The van der Waals surface area contributed by atoms with Gasteiger partial charge in [-0.1, -0.05) is 0 Å². The molecule has 0 saturated carbocycles. The summed E-state index contributed by atoms with van der Waals surface area (Å²) in [4.78, 5) is 11.2. The first-order valence-corrected chi connectivity index (χ1v) is 4.67. The van der Waals surface area contributed by atoms with Crippen molar-refractivity contribution in [1.82, 2.24) is 0 Å².